The van der Waals surface area contributed by atoms with Gasteiger partial charge in [0, 0.05) is 6.54 Å². The Morgan fingerprint density at radius 1 is 1.50 bits per heavy atom. The third-order valence-corrected chi connectivity index (χ3v) is 3.17. The minimum atomic E-state index is -0.207. The summed E-state index contributed by atoms with van der Waals surface area (Å²) >= 11 is 0. The first-order valence-corrected chi connectivity index (χ1v) is 5.41. The number of aliphatic hydroxyl groups is 1. The highest BCUT2D eigenvalue weighted by Crippen LogP contribution is 2.29. The molecule has 1 aliphatic rings. The van der Waals surface area contributed by atoms with Crippen molar-refractivity contribution in [1.29, 1.82) is 5.26 Å². The fraction of sp³-hybridized carbons (Fsp3) is 0.909. The largest absolute Gasteiger partial charge is 0.392 e. The smallest absolute Gasteiger partial charge is 0.0687 e. The highest BCUT2D eigenvalue weighted by molar-refractivity contribution is 4.98. The Balaban J connectivity index is 2.33. The van der Waals surface area contributed by atoms with Gasteiger partial charge >= 0.3 is 0 Å². The first kappa shape index (κ1) is 11.5. The van der Waals surface area contributed by atoms with Crippen molar-refractivity contribution in [2.24, 2.45) is 5.41 Å². The molecule has 14 heavy (non-hydrogen) atoms. The second-order valence-electron chi connectivity index (χ2n) is 4.54. The highest BCUT2D eigenvalue weighted by atomic mass is 16.3. The van der Waals surface area contributed by atoms with E-state index in [0.717, 1.165) is 38.9 Å². The molecule has 1 fully saturated rings. The predicted molar refractivity (Wildman–Crippen MR) is 55.7 cm³/mol. The van der Waals surface area contributed by atoms with E-state index < -0.39 is 0 Å². The predicted octanol–water partition coefficient (Wildman–Crippen LogP) is 1.38. The van der Waals surface area contributed by atoms with E-state index in [4.69, 9.17) is 5.26 Å². The van der Waals surface area contributed by atoms with Crippen LogP contribution in [0.25, 0.3) is 0 Å². The summed E-state index contributed by atoms with van der Waals surface area (Å²) in [6, 6.07) is 2.38. The molecule has 1 N–H and O–H groups in total. The van der Waals surface area contributed by atoms with Gasteiger partial charge in [0.05, 0.1) is 17.6 Å². The molecule has 0 saturated carbocycles. The van der Waals surface area contributed by atoms with Gasteiger partial charge in [0.25, 0.3) is 0 Å². The van der Waals surface area contributed by atoms with Gasteiger partial charge in [0.2, 0.25) is 0 Å². The molecule has 1 saturated heterocycles. The molecule has 0 aromatic carbocycles. The summed E-state index contributed by atoms with van der Waals surface area (Å²) in [5.41, 5.74) is -0.131. The van der Waals surface area contributed by atoms with Crippen molar-refractivity contribution < 1.29 is 5.11 Å². The zero-order valence-corrected chi connectivity index (χ0v) is 9.16. The topological polar surface area (TPSA) is 47.3 Å². The Morgan fingerprint density at radius 2 is 2.07 bits per heavy atom. The van der Waals surface area contributed by atoms with Gasteiger partial charge in [-0.1, -0.05) is 6.92 Å². The van der Waals surface area contributed by atoms with E-state index in [1.807, 2.05) is 13.8 Å². The Labute approximate surface area is 86.3 Å². The number of piperidine rings is 1. The second kappa shape index (κ2) is 4.77. The minimum Gasteiger partial charge on any atom is -0.392 e. The van der Waals surface area contributed by atoms with E-state index in [1.54, 1.807) is 0 Å². The van der Waals surface area contributed by atoms with E-state index in [2.05, 4.69) is 11.0 Å². The summed E-state index contributed by atoms with van der Waals surface area (Å²) < 4.78 is 0. The van der Waals surface area contributed by atoms with Gasteiger partial charge in [-0.3, -0.25) is 0 Å². The zero-order chi connectivity index (χ0) is 10.6. The van der Waals surface area contributed by atoms with Gasteiger partial charge in [0.15, 0.2) is 0 Å². The first-order chi connectivity index (χ1) is 6.59. The van der Waals surface area contributed by atoms with E-state index >= 15 is 0 Å². The second-order valence-corrected chi connectivity index (χ2v) is 4.54. The maximum absolute atomic E-state index is 9.49. The van der Waals surface area contributed by atoms with Gasteiger partial charge in [-0.25, -0.2) is 0 Å². The summed E-state index contributed by atoms with van der Waals surface area (Å²) in [7, 11) is 0. The molecule has 0 spiro atoms. The van der Waals surface area contributed by atoms with Crippen LogP contribution in [0.4, 0.5) is 0 Å². The monoisotopic (exact) mass is 196 g/mol. The van der Waals surface area contributed by atoms with Crippen LogP contribution in [0.3, 0.4) is 0 Å². The van der Waals surface area contributed by atoms with Crippen LogP contribution in [0.1, 0.15) is 33.1 Å². The quantitative estimate of drug-likeness (QED) is 0.742. The number of hydrogen-bond acceptors (Lipinski definition) is 3. The zero-order valence-electron chi connectivity index (χ0n) is 9.16. The molecule has 3 nitrogen and oxygen atoms in total. The van der Waals surface area contributed by atoms with E-state index in [-0.39, 0.29) is 11.5 Å². The molecule has 0 aromatic rings. The summed E-state index contributed by atoms with van der Waals surface area (Å²) in [6.07, 6.45) is 2.47. The standard InChI is InChI=1S/C11H20N2O/c1-3-10(14)8-13-6-4-11(2,9-12)5-7-13/h10,14H,3-8H2,1-2H3. The average Bonchev–Trinajstić information content (AvgIpc) is 2.21. The molecule has 0 radical (unpaired) electrons. The van der Waals surface area contributed by atoms with Gasteiger partial charge in [-0.2, -0.15) is 5.26 Å². The molecule has 80 valence electrons. The Bertz CT molecular complexity index is 214. The van der Waals surface area contributed by atoms with Gasteiger partial charge in [-0.05, 0) is 39.3 Å². The molecule has 1 heterocycles. The number of nitriles is 1. The SMILES string of the molecule is CCC(O)CN1CCC(C)(C#N)CC1. The number of nitrogens with zero attached hydrogens (tertiary/aromatic N) is 2. The number of rotatable bonds is 3. The molecular formula is C11H20N2O. The van der Waals surface area contributed by atoms with Crippen molar-refractivity contribution >= 4 is 0 Å². The summed E-state index contributed by atoms with van der Waals surface area (Å²) in [5.74, 6) is 0. The number of likely N-dealkylation sites (tertiary alicyclic amines) is 1. The maximum atomic E-state index is 9.49. The first-order valence-electron chi connectivity index (χ1n) is 5.41. The average molecular weight is 196 g/mol. The summed E-state index contributed by atoms with van der Waals surface area (Å²) in [4.78, 5) is 2.26. The Kier molecular flexibility index (Phi) is 3.91. The van der Waals surface area contributed by atoms with Crippen molar-refractivity contribution in [2.45, 2.75) is 39.2 Å². The van der Waals surface area contributed by atoms with Crippen LogP contribution in [0.2, 0.25) is 0 Å². The van der Waals surface area contributed by atoms with Gasteiger partial charge in [-0.15, -0.1) is 0 Å². The van der Waals surface area contributed by atoms with Crippen LogP contribution < -0.4 is 0 Å². The molecule has 1 atom stereocenters. The van der Waals surface area contributed by atoms with Crippen LogP contribution in [-0.4, -0.2) is 35.7 Å². The highest BCUT2D eigenvalue weighted by Gasteiger charge is 2.30. The van der Waals surface area contributed by atoms with Crippen molar-refractivity contribution in [3.05, 3.63) is 0 Å². The van der Waals surface area contributed by atoms with Crippen molar-refractivity contribution in [3.63, 3.8) is 0 Å². The molecule has 0 aliphatic carbocycles. The lowest BCUT2D eigenvalue weighted by Crippen LogP contribution is -2.41. The lowest BCUT2D eigenvalue weighted by Gasteiger charge is -2.35. The molecule has 1 aliphatic heterocycles. The molecule has 1 rings (SSSR count). The van der Waals surface area contributed by atoms with E-state index in [0.29, 0.717) is 0 Å². The van der Waals surface area contributed by atoms with Crippen molar-refractivity contribution in [3.8, 4) is 6.07 Å². The lowest BCUT2D eigenvalue weighted by atomic mass is 9.82. The number of β-amino-alcohol motifs (C(OH)–C–C–N with tert-alkyl or cyclic N) is 1. The Morgan fingerprint density at radius 3 is 2.50 bits per heavy atom. The van der Waals surface area contributed by atoms with Crippen LogP contribution in [0.5, 0.6) is 0 Å². The molecule has 0 aromatic heterocycles. The van der Waals surface area contributed by atoms with Crippen molar-refractivity contribution in [2.75, 3.05) is 19.6 Å². The number of aliphatic hydroxyl groups excluding tert-OH is 1. The van der Waals surface area contributed by atoms with Gasteiger partial charge < -0.3 is 10.0 Å². The fourth-order valence-corrected chi connectivity index (χ4v) is 1.77. The lowest BCUT2D eigenvalue weighted by molar-refractivity contribution is 0.0779. The molecular weight excluding hydrogens is 176 g/mol. The normalized spacial score (nSPS) is 24.1. The van der Waals surface area contributed by atoms with Crippen LogP contribution >= 0.6 is 0 Å². The fourth-order valence-electron chi connectivity index (χ4n) is 1.77. The molecule has 3 heteroatoms. The number of hydrogen-bond donors (Lipinski definition) is 1. The third kappa shape index (κ3) is 2.97. The van der Waals surface area contributed by atoms with E-state index in [1.165, 1.54) is 0 Å². The maximum Gasteiger partial charge on any atom is 0.0687 e. The van der Waals surface area contributed by atoms with Crippen LogP contribution in [0.15, 0.2) is 0 Å². The summed E-state index contributed by atoms with van der Waals surface area (Å²) in [6.45, 7) is 6.68. The van der Waals surface area contributed by atoms with Crippen LogP contribution in [0, 0.1) is 16.7 Å². The molecule has 1 unspecified atom stereocenters. The molecule has 0 bridgehead atoms. The van der Waals surface area contributed by atoms with Crippen molar-refractivity contribution in [1.82, 2.24) is 4.90 Å². The third-order valence-electron chi connectivity index (χ3n) is 3.17. The van der Waals surface area contributed by atoms with Crippen LogP contribution in [-0.2, 0) is 0 Å². The van der Waals surface area contributed by atoms with Gasteiger partial charge in [0.1, 0.15) is 0 Å². The summed E-state index contributed by atoms with van der Waals surface area (Å²) in [5, 5.41) is 18.4. The minimum absolute atomic E-state index is 0.131. The van der Waals surface area contributed by atoms with E-state index in [9.17, 15) is 5.11 Å². The molecule has 0 amide bonds. The Hall–Kier alpha value is -0.590.